The van der Waals surface area contributed by atoms with E-state index in [1.807, 2.05) is 30.9 Å². The first kappa shape index (κ1) is 12.4. The fraction of sp³-hybridized carbons (Fsp3) is 0.538. The molecule has 1 aliphatic rings. The summed E-state index contributed by atoms with van der Waals surface area (Å²) in [6, 6.07) is 4.65. The first-order valence-electron chi connectivity index (χ1n) is 6.02. The minimum atomic E-state index is 0.529. The van der Waals surface area contributed by atoms with Gasteiger partial charge in [-0.2, -0.15) is 0 Å². The van der Waals surface area contributed by atoms with E-state index < -0.39 is 0 Å². The van der Waals surface area contributed by atoms with E-state index in [1.54, 1.807) is 0 Å². The molecule has 0 aliphatic carbocycles. The topological polar surface area (TPSA) is 37.3 Å². The van der Waals surface area contributed by atoms with E-state index in [2.05, 4.69) is 35.2 Å². The number of aryl methyl sites for hydroxylation is 1. The monoisotopic (exact) mass is 249 g/mol. The van der Waals surface area contributed by atoms with Crippen LogP contribution in [-0.4, -0.2) is 21.4 Å². The molecule has 1 aromatic heterocycles. The van der Waals surface area contributed by atoms with E-state index in [0.29, 0.717) is 17.8 Å². The average Bonchev–Trinajstić information content (AvgIpc) is 2.27. The molecule has 0 bridgehead atoms. The number of nitrogens with one attached hydrogen (secondary N) is 1. The average molecular weight is 249 g/mol. The Kier molecular flexibility index (Phi) is 4.05. The second kappa shape index (κ2) is 5.54. The van der Waals surface area contributed by atoms with Gasteiger partial charge in [-0.05, 0) is 31.9 Å². The summed E-state index contributed by atoms with van der Waals surface area (Å²) >= 11 is 1.83. The van der Waals surface area contributed by atoms with Gasteiger partial charge >= 0.3 is 0 Å². The van der Waals surface area contributed by atoms with Crippen molar-refractivity contribution in [2.24, 2.45) is 4.99 Å². The molecule has 2 atom stereocenters. The Morgan fingerprint density at radius 3 is 2.94 bits per heavy atom. The summed E-state index contributed by atoms with van der Waals surface area (Å²) in [5.74, 6) is 0. The fourth-order valence-corrected chi connectivity index (χ4v) is 3.05. The first-order chi connectivity index (χ1) is 8.13. The number of pyridine rings is 1. The Morgan fingerprint density at radius 2 is 2.29 bits per heavy atom. The van der Waals surface area contributed by atoms with E-state index in [1.165, 1.54) is 6.42 Å². The van der Waals surface area contributed by atoms with Crippen molar-refractivity contribution in [3.8, 4) is 0 Å². The third-order valence-corrected chi connectivity index (χ3v) is 3.81. The molecule has 2 unspecified atom stereocenters. The van der Waals surface area contributed by atoms with E-state index >= 15 is 0 Å². The van der Waals surface area contributed by atoms with Crippen molar-refractivity contribution >= 4 is 16.9 Å². The van der Waals surface area contributed by atoms with Crippen molar-refractivity contribution in [3.05, 3.63) is 29.6 Å². The lowest BCUT2D eigenvalue weighted by molar-refractivity contribution is 0.597. The van der Waals surface area contributed by atoms with Crippen LogP contribution < -0.4 is 5.32 Å². The Bertz CT molecular complexity index is 388. The normalized spacial score (nSPS) is 26.9. The smallest absolute Gasteiger partial charge is 0.157 e. The summed E-state index contributed by atoms with van der Waals surface area (Å²) < 4.78 is 0. The highest BCUT2D eigenvalue weighted by Gasteiger charge is 2.19. The summed E-state index contributed by atoms with van der Waals surface area (Å²) in [6.45, 7) is 7.17. The van der Waals surface area contributed by atoms with Crippen molar-refractivity contribution in [3.63, 3.8) is 0 Å². The van der Waals surface area contributed by atoms with Crippen molar-refractivity contribution in [2.45, 2.75) is 45.0 Å². The molecule has 3 nitrogen and oxygen atoms in total. The summed E-state index contributed by atoms with van der Waals surface area (Å²) in [5, 5.41) is 5.14. The highest BCUT2D eigenvalue weighted by atomic mass is 32.2. The molecule has 0 amide bonds. The van der Waals surface area contributed by atoms with E-state index in [-0.39, 0.29) is 0 Å². The Balaban J connectivity index is 1.97. The van der Waals surface area contributed by atoms with Gasteiger partial charge in [-0.25, -0.2) is 0 Å². The summed E-state index contributed by atoms with van der Waals surface area (Å²) in [6.07, 6.45) is 3.11. The second-order valence-corrected chi connectivity index (χ2v) is 6.07. The molecule has 4 heteroatoms. The number of aromatic nitrogens is 1. The van der Waals surface area contributed by atoms with Crippen LogP contribution in [-0.2, 0) is 6.54 Å². The van der Waals surface area contributed by atoms with E-state index in [0.717, 1.165) is 16.4 Å². The van der Waals surface area contributed by atoms with E-state index in [4.69, 9.17) is 0 Å². The zero-order valence-electron chi connectivity index (χ0n) is 10.6. The van der Waals surface area contributed by atoms with Gasteiger partial charge in [-0.15, -0.1) is 0 Å². The van der Waals surface area contributed by atoms with Crippen LogP contribution in [0.5, 0.6) is 0 Å². The van der Waals surface area contributed by atoms with Crippen LogP contribution in [0, 0.1) is 6.92 Å². The molecule has 92 valence electrons. The molecular formula is C13H19N3S. The van der Waals surface area contributed by atoms with Crippen molar-refractivity contribution in [2.75, 3.05) is 0 Å². The molecule has 2 rings (SSSR count). The summed E-state index contributed by atoms with van der Waals surface area (Å²) in [7, 11) is 0. The molecule has 1 aromatic rings. The Hall–Kier alpha value is -1.03. The SMILES string of the molecule is Cc1ccc(CN=C2NC(C)CC(C)S2)cn1. The number of hydrogen-bond acceptors (Lipinski definition) is 3. The van der Waals surface area contributed by atoms with E-state index in [9.17, 15) is 0 Å². The van der Waals surface area contributed by atoms with Crippen molar-refractivity contribution in [1.82, 2.24) is 10.3 Å². The second-order valence-electron chi connectivity index (χ2n) is 4.64. The zero-order valence-corrected chi connectivity index (χ0v) is 11.4. The van der Waals surface area contributed by atoms with Crippen LogP contribution in [0.3, 0.4) is 0 Å². The molecular weight excluding hydrogens is 230 g/mol. The van der Waals surface area contributed by atoms with Crippen LogP contribution in [0.4, 0.5) is 0 Å². The van der Waals surface area contributed by atoms with Gasteiger partial charge in [-0.3, -0.25) is 9.98 Å². The molecule has 0 aromatic carbocycles. The molecule has 0 saturated carbocycles. The number of rotatable bonds is 2. The van der Waals surface area contributed by atoms with Crippen LogP contribution in [0.2, 0.25) is 0 Å². The maximum Gasteiger partial charge on any atom is 0.157 e. The van der Waals surface area contributed by atoms with Crippen LogP contribution in [0.15, 0.2) is 23.3 Å². The summed E-state index contributed by atoms with van der Waals surface area (Å²) in [5.41, 5.74) is 2.21. The molecule has 17 heavy (non-hydrogen) atoms. The fourth-order valence-electron chi connectivity index (χ4n) is 1.88. The number of thioether (sulfide) groups is 1. The van der Waals surface area contributed by atoms with Crippen molar-refractivity contribution in [1.29, 1.82) is 0 Å². The standard InChI is InChI=1S/C13H19N3S/c1-9-4-5-12(7-14-9)8-15-13-16-10(2)6-11(3)17-13/h4-5,7,10-11H,6,8H2,1-3H3,(H,15,16). The third kappa shape index (κ3) is 3.73. The van der Waals surface area contributed by atoms with Crippen LogP contribution in [0.1, 0.15) is 31.5 Å². The maximum atomic E-state index is 4.61. The highest BCUT2D eigenvalue weighted by molar-refractivity contribution is 8.14. The summed E-state index contributed by atoms with van der Waals surface area (Å²) in [4.78, 5) is 8.89. The largest absolute Gasteiger partial charge is 0.362 e. The van der Waals surface area contributed by atoms with Gasteiger partial charge in [0, 0.05) is 23.2 Å². The van der Waals surface area contributed by atoms with Gasteiger partial charge in [0.05, 0.1) is 6.54 Å². The quantitative estimate of drug-likeness (QED) is 0.875. The molecule has 1 saturated heterocycles. The number of nitrogens with zero attached hydrogens (tertiary/aromatic N) is 2. The molecule has 0 radical (unpaired) electrons. The van der Waals surface area contributed by atoms with Gasteiger partial charge in [0.25, 0.3) is 0 Å². The Morgan fingerprint density at radius 1 is 1.47 bits per heavy atom. The lowest BCUT2D eigenvalue weighted by Gasteiger charge is -2.26. The molecule has 0 spiro atoms. The van der Waals surface area contributed by atoms with Crippen molar-refractivity contribution < 1.29 is 0 Å². The van der Waals surface area contributed by atoms with Gasteiger partial charge in [0.2, 0.25) is 0 Å². The minimum absolute atomic E-state index is 0.529. The number of hydrogen-bond donors (Lipinski definition) is 1. The van der Waals surface area contributed by atoms with Crippen LogP contribution >= 0.6 is 11.8 Å². The third-order valence-electron chi connectivity index (χ3n) is 2.75. The lowest BCUT2D eigenvalue weighted by Crippen LogP contribution is -2.38. The molecule has 1 fully saturated rings. The molecule has 2 heterocycles. The van der Waals surface area contributed by atoms with Gasteiger partial charge in [0.15, 0.2) is 5.17 Å². The maximum absolute atomic E-state index is 4.61. The zero-order chi connectivity index (χ0) is 12.3. The minimum Gasteiger partial charge on any atom is -0.362 e. The highest BCUT2D eigenvalue weighted by Crippen LogP contribution is 2.22. The predicted molar refractivity (Wildman–Crippen MR) is 74.4 cm³/mol. The van der Waals surface area contributed by atoms with Gasteiger partial charge < -0.3 is 5.32 Å². The number of amidine groups is 1. The van der Waals surface area contributed by atoms with Crippen LogP contribution in [0.25, 0.3) is 0 Å². The Labute approximate surface area is 107 Å². The lowest BCUT2D eigenvalue weighted by atomic mass is 10.2. The first-order valence-corrected chi connectivity index (χ1v) is 6.90. The van der Waals surface area contributed by atoms with Gasteiger partial charge in [-0.1, -0.05) is 24.8 Å². The molecule has 1 N–H and O–H groups in total. The molecule has 1 aliphatic heterocycles. The number of aliphatic imine (C=N–C) groups is 1. The predicted octanol–water partition coefficient (Wildman–Crippen LogP) is 2.75. The van der Waals surface area contributed by atoms with Gasteiger partial charge in [0.1, 0.15) is 0 Å².